The normalized spacial score (nSPS) is 18.4. The Morgan fingerprint density at radius 1 is 1.31 bits per heavy atom. The van der Waals surface area contributed by atoms with Crippen LogP contribution >= 0.6 is 11.3 Å². The topological polar surface area (TPSA) is 58.6 Å². The van der Waals surface area contributed by atoms with E-state index >= 15 is 0 Å². The van der Waals surface area contributed by atoms with Crippen LogP contribution in [0.3, 0.4) is 0 Å². The Bertz CT molecular complexity index is 783. The minimum Gasteiger partial charge on any atom is -0.444 e. The molecule has 0 saturated carbocycles. The van der Waals surface area contributed by atoms with Crippen molar-refractivity contribution in [3.05, 3.63) is 17.3 Å². The highest BCUT2D eigenvalue weighted by Crippen LogP contribution is 2.32. The van der Waals surface area contributed by atoms with Crippen molar-refractivity contribution in [1.29, 1.82) is 0 Å². The number of carbonyl (C=O) groups excluding carboxylic acids is 1. The van der Waals surface area contributed by atoms with Crippen LogP contribution in [0.25, 0.3) is 10.2 Å². The molecule has 3 heterocycles. The summed E-state index contributed by atoms with van der Waals surface area (Å²) in [4.78, 5) is 28.0. The number of hydrogen-bond donors (Lipinski definition) is 0. The third kappa shape index (κ3) is 3.92. The van der Waals surface area contributed by atoms with Gasteiger partial charge >= 0.3 is 6.09 Å². The molecule has 1 aliphatic heterocycles. The molecule has 0 aliphatic carbocycles. The van der Waals surface area contributed by atoms with Crippen molar-refractivity contribution >= 4 is 33.5 Å². The molecule has 2 aromatic rings. The van der Waals surface area contributed by atoms with Crippen LogP contribution in [0.1, 0.15) is 45.9 Å². The van der Waals surface area contributed by atoms with E-state index in [-0.39, 0.29) is 12.1 Å². The summed E-state index contributed by atoms with van der Waals surface area (Å²) in [6.07, 6.45) is 3.37. The average Bonchev–Trinajstić information content (AvgIpc) is 3.03. The minimum atomic E-state index is -0.470. The summed E-state index contributed by atoms with van der Waals surface area (Å²) in [5.74, 6) is 0.988. The summed E-state index contributed by atoms with van der Waals surface area (Å²) in [5.41, 5.74) is -0.470. The summed E-state index contributed by atoms with van der Waals surface area (Å²) in [7, 11) is 0. The lowest BCUT2D eigenvalue weighted by Crippen LogP contribution is -2.55. The third-order valence-corrected chi connectivity index (χ3v) is 5.77. The van der Waals surface area contributed by atoms with Gasteiger partial charge in [0, 0.05) is 30.6 Å². The molecule has 3 rings (SSSR count). The van der Waals surface area contributed by atoms with Crippen LogP contribution in [0.2, 0.25) is 0 Å². The van der Waals surface area contributed by atoms with E-state index in [1.54, 1.807) is 17.7 Å². The number of ether oxygens (including phenoxy) is 1. The largest absolute Gasteiger partial charge is 0.444 e. The van der Waals surface area contributed by atoms with Crippen LogP contribution in [-0.4, -0.2) is 52.2 Å². The first-order valence-electron chi connectivity index (χ1n) is 9.30. The molecule has 26 heavy (non-hydrogen) atoms. The Morgan fingerprint density at radius 2 is 2.08 bits per heavy atom. The summed E-state index contributed by atoms with van der Waals surface area (Å²) >= 11 is 1.73. The van der Waals surface area contributed by atoms with Gasteiger partial charge < -0.3 is 14.5 Å². The number of aromatic nitrogens is 2. The van der Waals surface area contributed by atoms with Crippen molar-refractivity contribution in [3.63, 3.8) is 0 Å². The predicted molar refractivity (Wildman–Crippen MR) is 106 cm³/mol. The van der Waals surface area contributed by atoms with Gasteiger partial charge in [0.05, 0.1) is 5.39 Å². The predicted octanol–water partition coefficient (Wildman–Crippen LogP) is 4.09. The highest BCUT2D eigenvalue weighted by molar-refractivity contribution is 7.18. The molecule has 0 spiro atoms. The number of hydrogen-bond acceptors (Lipinski definition) is 6. The van der Waals surface area contributed by atoms with Crippen molar-refractivity contribution in [3.8, 4) is 0 Å². The van der Waals surface area contributed by atoms with E-state index in [1.807, 2.05) is 25.7 Å². The molecular formula is C19H28N4O2S. The number of amides is 1. The molecule has 0 N–H and O–H groups in total. The maximum absolute atomic E-state index is 12.4. The quantitative estimate of drug-likeness (QED) is 0.807. The second-order valence-electron chi connectivity index (χ2n) is 7.66. The van der Waals surface area contributed by atoms with Gasteiger partial charge in [0.1, 0.15) is 22.6 Å². The highest BCUT2D eigenvalue weighted by atomic mass is 32.1. The SMILES string of the molecule is CCc1cc2c(N3CCN(C(=O)OC(C)(C)C)CC3CC)ncnc2s1. The lowest BCUT2D eigenvalue weighted by molar-refractivity contribution is 0.0213. The Labute approximate surface area is 159 Å². The average molecular weight is 377 g/mol. The monoisotopic (exact) mass is 376 g/mol. The molecule has 1 atom stereocenters. The number of nitrogens with zero attached hydrogens (tertiary/aromatic N) is 4. The summed E-state index contributed by atoms with van der Waals surface area (Å²) in [5, 5.41) is 1.12. The van der Waals surface area contributed by atoms with Crippen LogP contribution < -0.4 is 4.90 Å². The van der Waals surface area contributed by atoms with Crippen LogP contribution in [-0.2, 0) is 11.2 Å². The lowest BCUT2D eigenvalue weighted by Gasteiger charge is -2.42. The van der Waals surface area contributed by atoms with Crippen LogP contribution in [0.4, 0.5) is 10.6 Å². The maximum Gasteiger partial charge on any atom is 0.410 e. The van der Waals surface area contributed by atoms with Crippen LogP contribution in [0.5, 0.6) is 0 Å². The number of thiophene rings is 1. The van der Waals surface area contributed by atoms with Crippen molar-refractivity contribution < 1.29 is 9.53 Å². The molecule has 1 aliphatic rings. The Kier molecular flexibility index (Phi) is 5.37. The Hall–Kier alpha value is -1.89. The minimum absolute atomic E-state index is 0.222. The highest BCUT2D eigenvalue weighted by Gasteiger charge is 2.32. The van der Waals surface area contributed by atoms with E-state index in [4.69, 9.17) is 4.74 Å². The fraction of sp³-hybridized carbons (Fsp3) is 0.632. The van der Waals surface area contributed by atoms with E-state index in [0.717, 1.165) is 35.4 Å². The molecule has 7 heteroatoms. The zero-order chi connectivity index (χ0) is 18.9. The molecule has 142 valence electrons. The van der Waals surface area contributed by atoms with Gasteiger partial charge in [-0.2, -0.15) is 0 Å². The van der Waals surface area contributed by atoms with Crippen LogP contribution in [0.15, 0.2) is 12.4 Å². The zero-order valence-electron chi connectivity index (χ0n) is 16.3. The second-order valence-corrected chi connectivity index (χ2v) is 8.78. The van der Waals surface area contributed by atoms with E-state index in [9.17, 15) is 4.79 Å². The van der Waals surface area contributed by atoms with Gasteiger partial charge in [-0.15, -0.1) is 11.3 Å². The molecule has 1 saturated heterocycles. The molecule has 0 bridgehead atoms. The van der Waals surface area contributed by atoms with Gasteiger partial charge in [-0.3, -0.25) is 0 Å². The molecule has 0 aromatic carbocycles. The van der Waals surface area contributed by atoms with Gasteiger partial charge in [-0.1, -0.05) is 13.8 Å². The van der Waals surface area contributed by atoms with Gasteiger partial charge in [0.25, 0.3) is 0 Å². The molecular weight excluding hydrogens is 348 g/mol. The van der Waals surface area contributed by atoms with Crippen molar-refractivity contribution in [2.75, 3.05) is 24.5 Å². The molecule has 1 unspecified atom stereocenters. The van der Waals surface area contributed by atoms with E-state index in [1.165, 1.54) is 4.88 Å². The summed E-state index contributed by atoms with van der Waals surface area (Å²) in [6.45, 7) is 12.1. The smallest absolute Gasteiger partial charge is 0.410 e. The number of anilines is 1. The molecule has 1 amide bonds. The van der Waals surface area contributed by atoms with Gasteiger partial charge in [0.15, 0.2) is 0 Å². The van der Waals surface area contributed by atoms with E-state index in [2.05, 4.69) is 34.8 Å². The molecule has 2 aromatic heterocycles. The second kappa shape index (κ2) is 7.39. The van der Waals surface area contributed by atoms with Crippen molar-refractivity contribution in [1.82, 2.24) is 14.9 Å². The first-order chi connectivity index (χ1) is 12.3. The summed E-state index contributed by atoms with van der Waals surface area (Å²) in [6, 6.07) is 2.43. The maximum atomic E-state index is 12.4. The van der Waals surface area contributed by atoms with Crippen molar-refractivity contribution in [2.45, 2.75) is 59.1 Å². The number of piperazine rings is 1. The van der Waals surface area contributed by atoms with Gasteiger partial charge in [-0.25, -0.2) is 14.8 Å². The Balaban J connectivity index is 1.82. The fourth-order valence-electron chi connectivity index (χ4n) is 3.27. The molecule has 6 nitrogen and oxygen atoms in total. The number of carbonyl (C=O) groups is 1. The van der Waals surface area contributed by atoms with Crippen molar-refractivity contribution in [2.24, 2.45) is 0 Å². The first-order valence-corrected chi connectivity index (χ1v) is 10.1. The standard InChI is InChI=1S/C19H28N4O2S/c1-6-13-11-22(18(24)25-19(3,4)5)8-9-23(13)16-15-10-14(7-2)26-17(15)21-12-20-16/h10,12-13H,6-9,11H2,1-5H3. The number of rotatable bonds is 3. The summed E-state index contributed by atoms with van der Waals surface area (Å²) < 4.78 is 5.54. The Morgan fingerprint density at radius 3 is 2.73 bits per heavy atom. The molecule has 0 radical (unpaired) electrons. The fourth-order valence-corrected chi connectivity index (χ4v) is 4.20. The van der Waals surface area contributed by atoms with E-state index in [0.29, 0.717) is 13.1 Å². The zero-order valence-corrected chi connectivity index (χ0v) is 17.1. The van der Waals surface area contributed by atoms with Gasteiger partial charge in [-0.05, 0) is 39.7 Å². The van der Waals surface area contributed by atoms with Gasteiger partial charge in [0.2, 0.25) is 0 Å². The number of aryl methyl sites for hydroxylation is 1. The van der Waals surface area contributed by atoms with Crippen LogP contribution in [0, 0.1) is 0 Å². The lowest BCUT2D eigenvalue weighted by atomic mass is 10.1. The molecule has 1 fully saturated rings. The first kappa shape index (κ1) is 18.9. The third-order valence-electron chi connectivity index (χ3n) is 4.59. The number of fused-ring (bicyclic) bond motifs is 1. The van der Waals surface area contributed by atoms with E-state index < -0.39 is 5.60 Å².